The molecule has 104 valence electrons. The molecule has 0 aliphatic carbocycles. The van der Waals surface area contributed by atoms with E-state index in [0.717, 1.165) is 23.3 Å². The maximum Gasteiger partial charge on any atom is 0.251 e. The van der Waals surface area contributed by atoms with Crippen LogP contribution in [-0.4, -0.2) is 11.0 Å². The first-order valence-corrected chi connectivity index (χ1v) is 6.11. The largest absolute Gasteiger partial charge is 0.399 e. The van der Waals surface area contributed by atoms with E-state index in [0.29, 0.717) is 6.54 Å². The second-order valence-electron chi connectivity index (χ2n) is 4.43. The first-order valence-electron chi connectivity index (χ1n) is 6.11. The summed E-state index contributed by atoms with van der Waals surface area (Å²) < 4.78 is 13.2. The number of rotatable bonds is 4. The molecule has 4 nitrogen and oxygen atoms in total. The molecule has 20 heavy (non-hydrogen) atoms. The van der Waals surface area contributed by atoms with Crippen molar-refractivity contribution in [2.45, 2.75) is 13.2 Å². The lowest BCUT2D eigenvalue weighted by atomic mass is 10.1. The summed E-state index contributed by atoms with van der Waals surface area (Å²) in [5.41, 5.74) is 7.59. The Bertz CT molecular complexity index is 592. The highest BCUT2D eigenvalue weighted by Gasteiger charge is 2.07. The molecule has 5 heteroatoms. The number of carbonyl (C=O) groups excluding carboxylic acids is 1. The Kier molecular flexibility index (Phi) is 4.32. The van der Waals surface area contributed by atoms with Crippen LogP contribution in [0.25, 0.3) is 0 Å². The van der Waals surface area contributed by atoms with Crippen LogP contribution in [-0.2, 0) is 13.2 Å². The van der Waals surface area contributed by atoms with Crippen LogP contribution in [0, 0.1) is 5.82 Å². The van der Waals surface area contributed by atoms with E-state index < -0.39 is 5.82 Å². The van der Waals surface area contributed by atoms with Gasteiger partial charge in [-0.15, -0.1) is 0 Å². The standard InChI is InChI=1S/C15H15FN2O2/c16-13-5-12(6-14(17)7-13)15(20)18-8-10-1-3-11(9-19)4-2-10/h1-7,19H,8-9,17H2,(H,18,20). The minimum Gasteiger partial charge on any atom is -0.399 e. The van der Waals surface area contributed by atoms with Crippen molar-refractivity contribution in [2.75, 3.05) is 5.73 Å². The minimum absolute atomic E-state index is 0.0186. The average molecular weight is 274 g/mol. The molecule has 0 atom stereocenters. The maximum atomic E-state index is 13.2. The van der Waals surface area contributed by atoms with Gasteiger partial charge in [-0.1, -0.05) is 24.3 Å². The van der Waals surface area contributed by atoms with Gasteiger partial charge in [-0.3, -0.25) is 4.79 Å². The van der Waals surface area contributed by atoms with E-state index >= 15 is 0 Å². The lowest BCUT2D eigenvalue weighted by Gasteiger charge is -2.07. The second kappa shape index (κ2) is 6.16. The molecule has 0 heterocycles. The number of carbonyl (C=O) groups is 1. The zero-order chi connectivity index (χ0) is 14.5. The Morgan fingerprint density at radius 3 is 2.40 bits per heavy atom. The highest BCUT2D eigenvalue weighted by molar-refractivity contribution is 5.95. The zero-order valence-corrected chi connectivity index (χ0v) is 10.8. The van der Waals surface area contributed by atoms with Crippen molar-refractivity contribution in [3.63, 3.8) is 0 Å². The number of nitrogens with one attached hydrogen (secondary N) is 1. The third kappa shape index (κ3) is 3.55. The van der Waals surface area contributed by atoms with Crippen LogP contribution in [0.1, 0.15) is 21.5 Å². The summed E-state index contributed by atoms with van der Waals surface area (Å²) in [4.78, 5) is 11.9. The predicted molar refractivity (Wildman–Crippen MR) is 74.3 cm³/mol. The van der Waals surface area contributed by atoms with Gasteiger partial charge in [0.25, 0.3) is 5.91 Å². The number of hydrogen-bond acceptors (Lipinski definition) is 3. The van der Waals surface area contributed by atoms with Gasteiger partial charge in [-0.2, -0.15) is 0 Å². The van der Waals surface area contributed by atoms with Crippen molar-refractivity contribution in [1.29, 1.82) is 0 Å². The highest BCUT2D eigenvalue weighted by atomic mass is 19.1. The van der Waals surface area contributed by atoms with Gasteiger partial charge in [0, 0.05) is 17.8 Å². The lowest BCUT2D eigenvalue weighted by Crippen LogP contribution is -2.23. The summed E-state index contributed by atoms with van der Waals surface area (Å²) in [5.74, 6) is -0.926. The fraction of sp³-hybridized carbons (Fsp3) is 0.133. The van der Waals surface area contributed by atoms with Gasteiger partial charge < -0.3 is 16.2 Å². The van der Waals surface area contributed by atoms with E-state index in [4.69, 9.17) is 10.8 Å². The van der Waals surface area contributed by atoms with E-state index in [2.05, 4.69) is 5.32 Å². The van der Waals surface area contributed by atoms with Crippen molar-refractivity contribution >= 4 is 11.6 Å². The fourth-order valence-corrected chi connectivity index (χ4v) is 1.79. The Balaban J connectivity index is 2.00. The summed E-state index contributed by atoms with van der Waals surface area (Å²) in [5, 5.41) is 11.6. The van der Waals surface area contributed by atoms with Crippen molar-refractivity contribution < 1.29 is 14.3 Å². The molecule has 0 radical (unpaired) electrons. The van der Waals surface area contributed by atoms with Crippen LogP contribution in [0.4, 0.5) is 10.1 Å². The van der Waals surface area contributed by atoms with Gasteiger partial charge in [-0.25, -0.2) is 4.39 Å². The molecule has 0 saturated heterocycles. The number of benzene rings is 2. The van der Waals surface area contributed by atoms with E-state index in [1.165, 1.54) is 6.07 Å². The summed E-state index contributed by atoms with van der Waals surface area (Å²) in [6.45, 7) is 0.302. The first kappa shape index (κ1) is 14.0. The van der Waals surface area contributed by atoms with E-state index in [-0.39, 0.29) is 23.8 Å². The molecule has 4 N–H and O–H groups in total. The number of hydrogen-bond donors (Lipinski definition) is 3. The molecule has 2 aromatic carbocycles. The molecular weight excluding hydrogens is 259 g/mol. The Morgan fingerprint density at radius 1 is 1.15 bits per heavy atom. The monoisotopic (exact) mass is 274 g/mol. The Morgan fingerprint density at radius 2 is 1.80 bits per heavy atom. The van der Waals surface area contributed by atoms with Crippen molar-refractivity contribution in [3.8, 4) is 0 Å². The van der Waals surface area contributed by atoms with E-state index in [9.17, 15) is 9.18 Å². The summed E-state index contributed by atoms with van der Waals surface area (Å²) >= 11 is 0. The van der Waals surface area contributed by atoms with Gasteiger partial charge in [0.05, 0.1) is 6.61 Å². The number of aliphatic hydroxyl groups excluding tert-OH is 1. The summed E-state index contributed by atoms with van der Waals surface area (Å²) in [7, 11) is 0. The van der Waals surface area contributed by atoms with E-state index in [1.807, 2.05) is 12.1 Å². The van der Waals surface area contributed by atoms with Crippen LogP contribution < -0.4 is 11.1 Å². The van der Waals surface area contributed by atoms with Gasteiger partial charge in [0.2, 0.25) is 0 Å². The zero-order valence-electron chi connectivity index (χ0n) is 10.8. The first-order chi connectivity index (χ1) is 9.58. The quantitative estimate of drug-likeness (QED) is 0.744. The van der Waals surface area contributed by atoms with Crippen LogP contribution in [0.2, 0.25) is 0 Å². The summed E-state index contributed by atoms with van der Waals surface area (Å²) in [6, 6.07) is 10.9. The van der Waals surface area contributed by atoms with Crippen molar-refractivity contribution in [1.82, 2.24) is 5.32 Å². The molecule has 0 bridgehead atoms. The lowest BCUT2D eigenvalue weighted by molar-refractivity contribution is 0.0950. The number of nitrogens with two attached hydrogens (primary N) is 1. The molecule has 2 aromatic rings. The Labute approximate surface area is 116 Å². The van der Waals surface area contributed by atoms with Crippen molar-refractivity contribution in [3.05, 3.63) is 65.0 Å². The average Bonchev–Trinajstić information content (AvgIpc) is 2.44. The molecular formula is C15H15FN2O2. The number of anilines is 1. The molecule has 0 aliphatic heterocycles. The van der Waals surface area contributed by atoms with E-state index in [1.54, 1.807) is 12.1 Å². The molecule has 0 aromatic heterocycles. The molecule has 0 unspecified atom stereocenters. The molecule has 2 rings (SSSR count). The number of halogens is 1. The SMILES string of the molecule is Nc1cc(F)cc(C(=O)NCc2ccc(CO)cc2)c1. The van der Waals surface area contributed by atoms with Gasteiger partial charge in [-0.05, 0) is 29.3 Å². The van der Waals surface area contributed by atoms with Crippen LogP contribution in [0.5, 0.6) is 0 Å². The van der Waals surface area contributed by atoms with Gasteiger partial charge >= 0.3 is 0 Å². The number of nitrogen functional groups attached to an aromatic ring is 1. The number of aliphatic hydroxyl groups is 1. The smallest absolute Gasteiger partial charge is 0.251 e. The molecule has 0 spiro atoms. The molecule has 0 saturated carbocycles. The third-order valence-corrected chi connectivity index (χ3v) is 2.84. The third-order valence-electron chi connectivity index (χ3n) is 2.84. The topological polar surface area (TPSA) is 75.4 Å². The summed E-state index contributed by atoms with van der Waals surface area (Å²) in [6.07, 6.45) is 0. The van der Waals surface area contributed by atoms with Crippen molar-refractivity contribution in [2.24, 2.45) is 0 Å². The normalized spacial score (nSPS) is 10.3. The van der Waals surface area contributed by atoms with Crippen LogP contribution >= 0.6 is 0 Å². The highest BCUT2D eigenvalue weighted by Crippen LogP contribution is 2.11. The fourth-order valence-electron chi connectivity index (χ4n) is 1.79. The Hall–Kier alpha value is -2.40. The van der Waals surface area contributed by atoms with Gasteiger partial charge in [0.1, 0.15) is 5.82 Å². The van der Waals surface area contributed by atoms with Crippen LogP contribution in [0.3, 0.4) is 0 Å². The van der Waals surface area contributed by atoms with Crippen LogP contribution in [0.15, 0.2) is 42.5 Å². The molecule has 1 amide bonds. The molecule has 0 fully saturated rings. The number of amides is 1. The van der Waals surface area contributed by atoms with Gasteiger partial charge in [0.15, 0.2) is 0 Å². The minimum atomic E-state index is -0.539. The maximum absolute atomic E-state index is 13.2. The molecule has 0 aliphatic rings. The predicted octanol–water partition coefficient (Wildman–Crippen LogP) is 1.83. The second-order valence-corrected chi connectivity index (χ2v) is 4.43.